The molecule has 3 heterocycles. The molecule has 0 spiro atoms. The van der Waals surface area contributed by atoms with Gasteiger partial charge >= 0.3 is 0 Å². The van der Waals surface area contributed by atoms with Gasteiger partial charge in [-0.1, -0.05) is 127 Å². The molecule has 0 aliphatic heterocycles. The molecule has 238 valence electrons. The van der Waals surface area contributed by atoms with Gasteiger partial charge in [0.25, 0.3) is 0 Å². The van der Waals surface area contributed by atoms with Crippen LogP contribution in [0.2, 0.25) is 0 Å². The number of hydrogen-bond acceptors (Lipinski definition) is 2. The zero-order chi connectivity index (χ0) is 33.5. The van der Waals surface area contributed by atoms with Crippen LogP contribution in [0.25, 0.3) is 105 Å². The lowest BCUT2D eigenvalue weighted by atomic mass is 9.99. The van der Waals surface area contributed by atoms with Crippen molar-refractivity contribution in [2.75, 3.05) is 0 Å². The second-order valence-corrected chi connectivity index (χ2v) is 13.3. The van der Waals surface area contributed by atoms with Gasteiger partial charge in [0.15, 0.2) is 11.2 Å². The van der Waals surface area contributed by atoms with Crippen molar-refractivity contribution >= 4 is 65.7 Å². The van der Waals surface area contributed by atoms with Crippen molar-refractivity contribution in [2.24, 2.45) is 0 Å². The Morgan fingerprint density at radius 3 is 1.35 bits per heavy atom. The van der Waals surface area contributed by atoms with Gasteiger partial charge in [-0.05, 0) is 70.8 Å². The van der Waals surface area contributed by atoms with E-state index >= 15 is 0 Å². The SMILES string of the molecule is c1ccc(-c2ccc3c(c2)c2cc(-c4cccc5c4oc4c5ccc5c6cccc(-c7ccccc7)c6oc54)ccc2n3-c2ccccc2)cc1. The Morgan fingerprint density at radius 2 is 0.765 bits per heavy atom. The number of fused-ring (bicyclic) bond motifs is 10. The Balaban J connectivity index is 1.14. The van der Waals surface area contributed by atoms with Crippen LogP contribution in [-0.2, 0) is 0 Å². The summed E-state index contributed by atoms with van der Waals surface area (Å²) in [5.74, 6) is 0. The van der Waals surface area contributed by atoms with Crippen LogP contribution in [-0.4, -0.2) is 4.57 Å². The zero-order valence-electron chi connectivity index (χ0n) is 27.5. The van der Waals surface area contributed by atoms with E-state index in [1.165, 1.54) is 32.9 Å². The van der Waals surface area contributed by atoms with Crippen molar-refractivity contribution in [1.82, 2.24) is 4.57 Å². The van der Waals surface area contributed by atoms with Gasteiger partial charge in [-0.3, -0.25) is 0 Å². The average Bonchev–Trinajstić information content (AvgIpc) is 3.88. The molecular weight excluding hydrogens is 623 g/mol. The summed E-state index contributed by atoms with van der Waals surface area (Å²) >= 11 is 0. The second-order valence-electron chi connectivity index (χ2n) is 13.3. The maximum Gasteiger partial charge on any atom is 0.178 e. The summed E-state index contributed by atoms with van der Waals surface area (Å²) in [7, 11) is 0. The number of hydrogen-bond donors (Lipinski definition) is 0. The third-order valence-electron chi connectivity index (χ3n) is 10.4. The van der Waals surface area contributed by atoms with Crippen LogP contribution >= 0.6 is 0 Å². The first-order valence-electron chi connectivity index (χ1n) is 17.3. The summed E-state index contributed by atoms with van der Waals surface area (Å²) < 4.78 is 16.0. The van der Waals surface area contributed by atoms with E-state index in [-0.39, 0.29) is 0 Å². The van der Waals surface area contributed by atoms with Gasteiger partial charge in [-0.15, -0.1) is 0 Å². The Morgan fingerprint density at radius 1 is 0.294 bits per heavy atom. The maximum absolute atomic E-state index is 6.88. The number of para-hydroxylation sites is 3. The molecule has 3 nitrogen and oxygen atoms in total. The highest BCUT2D eigenvalue weighted by molar-refractivity contribution is 6.21. The Bertz CT molecular complexity index is 3110. The fourth-order valence-electron chi connectivity index (χ4n) is 8.04. The van der Waals surface area contributed by atoms with E-state index in [1.807, 2.05) is 6.07 Å². The summed E-state index contributed by atoms with van der Waals surface area (Å²) in [4.78, 5) is 0. The van der Waals surface area contributed by atoms with E-state index < -0.39 is 0 Å². The summed E-state index contributed by atoms with van der Waals surface area (Å²) in [6, 6.07) is 62.5. The van der Waals surface area contributed by atoms with E-state index in [1.54, 1.807) is 0 Å². The van der Waals surface area contributed by atoms with Crippen molar-refractivity contribution in [1.29, 1.82) is 0 Å². The molecule has 0 unspecified atom stereocenters. The predicted octanol–water partition coefficient (Wildman–Crippen LogP) is 13.6. The molecule has 0 saturated carbocycles. The first-order chi connectivity index (χ1) is 25.3. The molecule has 0 fully saturated rings. The number of rotatable bonds is 4. The topological polar surface area (TPSA) is 31.2 Å². The molecule has 8 aromatic carbocycles. The Hall–Kier alpha value is -6.84. The van der Waals surface area contributed by atoms with Crippen LogP contribution in [0.1, 0.15) is 0 Å². The number of furan rings is 2. The molecular formula is C48H29NO2. The summed E-state index contributed by atoms with van der Waals surface area (Å²) in [6.45, 7) is 0. The molecule has 11 aromatic rings. The third kappa shape index (κ3) is 4.19. The molecule has 0 aliphatic carbocycles. The van der Waals surface area contributed by atoms with Crippen LogP contribution in [0.3, 0.4) is 0 Å². The van der Waals surface area contributed by atoms with E-state index in [0.29, 0.717) is 0 Å². The number of nitrogens with zero attached hydrogens (tertiary/aromatic N) is 1. The third-order valence-corrected chi connectivity index (χ3v) is 10.4. The second kappa shape index (κ2) is 10.8. The fourth-order valence-corrected chi connectivity index (χ4v) is 8.04. The van der Waals surface area contributed by atoms with Crippen LogP contribution in [0.4, 0.5) is 0 Å². The van der Waals surface area contributed by atoms with Crippen LogP contribution in [0, 0.1) is 0 Å². The van der Waals surface area contributed by atoms with Crippen molar-refractivity contribution in [3.8, 4) is 39.1 Å². The highest BCUT2D eigenvalue weighted by Crippen LogP contribution is 2.44. The van der Waals surface area contributed by atoms with Crippen molar-refractivity contribution in [2.45, 2.75) is 0 Å². The molecule has 51 heavy (non-hydrogen) atoms. The molecule has 0 bridgehead atoms. The molecule has 0 N–H and O–H groups in total. The van der Waals surface area contributed by atoms with Gasteiger partial charge in [-0.2, -0.15) is 0 Å². The minimum absolute atomic E-state index is 0.777. The van der Waals surface area contributed by atoms with E-state index in [2.05, 4.69) is 174 Å². The normalized spacial score (nSPS) is 11.9. The summed E-state index contributed by atoms with van der Waals surface area (Å²) in [6.07, 6.45) is 0. The quantitative estimate of drug-likeness (QED) is 0.190. The van der Waals surface area contributed by atoms with Crippen LogP contribution in [0.15, 0.2) is 185 Å². The zero-order valence-corrected chi connectivity index (χ0v) is 27.5. The first kappa shape index (κ1) is 28.0. The molecule has 0 radical (unpaired) electrons. The lowest BCUT2D eigenvalue weighted by Gasteiger charge is -2.08. The largest absolute Gasteiger partial charge is 0.451 e. The standard InChI is InChI=1S/C48H29NO2/c1-4-12-30(13-5-1)32-22-26-43-41(28-32)42-29-33(23-27-44(42)49(43)34-16-8-3-9-17-34)36-19-11-21-38-40-25-24-39-37-20-10-18-35(31-14-6-2-7-15-31)45(37)50-47(39)48(40)51-46(36)38/h1-29H. The Labute approximate surface area is 293 Å². The smallest absolute Gasteiger partial charge is 0.178 e. The van der Waals surface area contributed by atoms with Gasteiger partial charge in [-0.25, -0.2) is 0 Å². The number of aromatic nitrogens is 1. The minimum Gasteiger partial charge on any atom is -0.451 e. The van der Waals surface area contributed by atoms with Crippen LogP contribution < -0.4 is 0 Å². The molecule has 3 heteroatoms. The lowest BCUT2D eigenvalue weighted by molar-refractivity contribution is 0.634. The molecule has 0 atom stereocenters. The van der Waals surface area contributed by atoms with E-state index in [4.69, 9.17) is 8.83 Å². The molecule has 11 rings (SSSR count). The monoisotopic (exact) mass is 651 g/mol. The van der Waals surface area contributed by atoms with Gasteiger partial charge in [0, 0.05) is 49.1 Å². The predicted molar refractivity (Wildman–Crippen MR) is 212 cm³/mol. The van der Waals surface area contributed by atoms with Gasteiger partial charge in [0.1, 0.15) is 11.2 Å². The lowest BCUT2D eigenvalue weighted by Crippen LogP contribution is -1.93. The molecule has 0 aliphatic rings. The van der Waals surface area contributed by atoms with Gasteiger partial charge in [0.2, 0.25) is 0 Å². The average molecular weight is 652 g/mol. The minimum atomic E-state index is 0.777. The highest BCUT2D eigenvalue weighted by Gasteiger charge is 2.21. The highest BCUT2D eigenvalue weighted by atomic mass is 16.4. The summed E-state index contributed by atoms with van der Waals surface area (Å²) in [5.41, 5.74) is 13.6. The van der Waals surface area contributed by atoms with E-state index in [0.717, 1.165) is 71.8 Å². The van der Waals surface area contributed by atoms with Crippen molar-refractivity contribution in [3.63, 3.8) is 0 Å². The molecule has 0 saturated heterocycles. The first-order valence-corrected chi connectivity index (χ1v) is 17.3. The summed E-state index contributed by atoms with van der Waals surface area (Å²) in [5, 5.41) is 6.68. The van der Waals surface area contributed by atoms with E-state index in [9.17, 15) is 0 Å². The van der Waals surface area contributed by atoms with Crippen LogP contribution in [0.5, 0.6) is 0 Å². The van der Waals surface area contributed by atoms with Gasteiger partial charge < -0.3 is 13.4 Å². The molecule has 3 aromatic heterocycles. The maximum atomic E-state index is 6.88. The van der Waals surface area contributed by atoms with Gasteiger partial charge in [0.05, 0.1) is 11.0 Å². The van der Waals surface area contributed by atoms with Crippen molar-refractivity contribution in [3.05, 3.63) is 176 Å². The molecule has 0 amide bonds. The van der Waals surface area contributed by atoms with Crippen molar-refractivity contribution < 1.29 is 8.83 Å². The fraction of sp³-hybridized carbons (Fsp3) is 0. The number of benzene rings is 8. The Kier molecular flexibility index (Phi) is 5.96.